The van der Waals surface area contributed by atoms with Crippen molar-refractivity contribution in [3.63, 3.8) is 0 Å². The van der Waals surface area contributed by atoms with Gasteiger partial charge in [0.25, 0.3) is 5.91 Å². The predicted molar refractivity (Wildman–Crippen MR) is 84.3 cm³/mol. The fourth-order valence-corrected chi connectivity index (χ4v) is 1.89. The SMILES string of the molecule is CC(C)Nc1cc(Nc2ccc(F)cc2)ncc1C(=O)NN. The van der Waals surface area contributed by atoms with E-state index in [9.17, 15) is 9.18 Å². The van der Waals surface area contributed by atoms with E-state index >= 15 is 0 Å². The van der Waals surface area contributed by atoms with Gasteiger partial charge in [-0.3, -0.25) is 10.2 Å². The Bertz CT molecular complexity index is 657. The van der Waals surface area contributed by atoms with Crippen molar-refractivity contribution in [3.05, 3.63) is 47.9 Å². The monoisotopic (exact) mass is 303 g/mol. The van der Waals surface area contributed by atoms with E-state index in [2.05, 4.69) is 21.0 Å². The maximum atomic E-state index is 12.9. The first kappa shape index (κ1) is 15.7. The van der Waals surface area contributed by atoms with E-state index in [1.165, 1.54) is 18.3 Å². The largest absolute Gasteiger partial charge is 0.382 e. The number of hydrogen-bond acceptors (Lipinski definition) is 5. The summed E-state index contributed by atoms with van der Waals surface area (Å²) in [6, 6.07) is 7.75. The topological polar surface area (TPSA) is 92.1 Å². The van der Waals surface area contributed by atoms with Gasteiger partial charge in [-0.2, -0.15) is 0 Å². The van der Waals surface area contributed by atoms with Crippen LogP contribution in [0, 0.1) is 5.82 Å². The van der Waals surface area contributed by atoms with Crippen molar-refractivity contribution in [2.75, 3.05) is 10.6 Å². The highest BCUT2D eigenvalue weighted by molar-refractivity contribution is 5.99. The number of rotatable bonds is 5. The molecular formula is C15H18FN5O. The van der Waals surface area contributed by atoms with Crippen LogP contribution in [0.3, 0.4) is 0 Å². The normalized spacial score (nSPS) is 10.4. The summed E-state index contributed by atoms with van der Waals surface area (Å²) in [6.07, 6.45) is 1.43. The molecule has 0 bridgehead atoms. The number of hydrazine groups is 1. The van der Waals surface area contributed by atoms with Crippen molar-refractivity contribution in [3.8, 4) is 0 Å². The lowest BCUT2D eigenvalue weighted by Gasteiger charge is -2.15. The van der Waals surface area contributed by atoms with Crippen molar-refractivity contribution in [1.82, 2.24) is 10.4 Å². The summed E-state index contributed by atoms with van der Waals surface area (Å²) in [5.41, 5.74) is 3.74. The molecule has 7 heteroatoms. The van der Waals surface area contributed by atoms with Gasteiger partial charge in [0.05, 0.1) is 11.3 Å². The molecule has 116 valence electrons. The average Bonchev–Trinajstić information content (AvgIpc) is 2.48. The van der Waals surface area contributed by atoms with Crippen molar-refractivity contribution in [2.45, 2.75) is 19.9 Å². The first-order valence-electron chi connectivity index (χ1n) is 6.79. The molecule has 0 unspecified atom stereocenters. The molecule has 0 spiro atoms. The summed E-state index contributed by atoms with van der Waals surface area (Å²) in [4.78, 5) is 15.9. The zero-order valence-corrected chi connectivity index (χ0v) is 12.4. The zero-order chi connectivity index (χ0) is 16.1. The average molecular weight is 303 g/mol. The highest BCUT2D eigenvalue weighted by Gasteiger charge is 2.13. The number of nitrogens with zero attached hydrogens (tertiary/aromatic N) is 1. The lowest BCUT2D eigenvalue weighted by molar-refractivity contribution is 0.0954. The van der Waals surface area contributed by atoms with E-state index in [0.717, 1.165) is 0 Å². The minimum atomic E-state index is -0.427. The van der Waals surface area contributed by atoms with Gasteiger partial charge in [-0.05, 0) is 38.1 Å². The molecule has 0 fully saturated rings. The van der Waals surface area contributed by atoms with E-state index in [1.807, 2.05) is 13.8 Å². The van der Waals surface area contributed by atoms with Gasteiger partial charge in [-0.15, -0.1) is 0 Å². The van der Waals surface area contributed by atoms with E-state index in [1.54, 1.807) is 18.2 Å². The number of carbonyl (C=O) groups excluding carboxylic acids is 1. The van der Waals surface area contributed by atoms with Gasteiger partial charge in [-0.25, -0.2) is 15.2 Å². The van der Waals surface area contributed by atoms with Gasteiger partial charge in [0.1, 0.15) is 11.6 Å². The number of nitrogens with two attached hydrogens (primary N) is 1. The second-order valence-electron chi connectivity index (χ2n) is 5.02. The number of aromatic nitrogens is 1. The van der Waals surface area contributed by atoms with Crippen LogP contribution >= 0.6 is 0 Å². The van der Waals surface area contributed by atoms with Crippen LogP contribution in [-0.2, 0) is 0 Å². The molecule has 22 heavy (non-hydrogen) atoms. The molecule has 1 heterocycles. The number of hydrogen-bond donors (Lipinski definition) is 4. The first-order chi connectivity index (χ1) is 10.5. The predicted octanol–water partition coefficient (Wildman–Crippen LogP) is 2.39. The maximum Gasteiger partial charge on any atom is 0.268 e. The van der Waals surface area contributed by atoms with Crippen LogP contribution in [0.1, 0.15) is 24.2 Å². The summed E-state index contributed by atoms with van der Waals surface area (Å²) in [7, 11) is 0. The highest BCUT2D eigenvalue weighted by Crippen LogP contribution is 2.22. The highest BCUT2D eigenvalue weighted by atomic mass is 19.1. The van der Waals surface area contributed by atoms with Crippen molar-refractivity contribution < 1.29 is 9.18 Å². The molecule has 0 saturated carbocycles. The van der Waals surface area contributed by atoms with Crippen LogP contribution in [0.25, 0.3) is 0 Å². The molecule has 0 saturated heterocycles. The van der Waals surface area contributed by atoms with Gasteiger partial charge in [0.2, 0.25) is 0 Å². The quantitative estimate of drug-likeness (QED) is 0.387. The van der Waals surface area contributed by atoms with Crippen LogP contribution < -0.4 is 21.9 Å². The van der Waals surface area contributed by atoms with Gasteiger partial charge in [0, 0.05) is 24.0 Å². The smallest absolute Gasteiger partial charge is 0.268 e. The summed E-state index contributed by atoms with van der Waals surface area (Å²) < 4.78 is 12.9. The van der Waals surface area contributed by atoms with Gasteiger partial charge in [0.15, 0.2) is 0 Å². The summed E-state index contributed by atoms with van der Waals surface area (Å²) in [5, 5.41) is 6.22. The fraction of sp³-hybridized carbons (Fsp3) is 0.200. The lowest BCUT2D eigenvalue weighted by atomic mass is 10.2. The maximum absolute atomic E-state index is 12.9. The number of benzene rings is 1. The molecule has 2 rings (SSSR count). The Hall–Kier alpha value is -2.67. The first-order valence-corrected chi connectivity index (χ1v) is 6.79. The number of halogens is 1. The zero-order valence-electron chi connectivity index (χ0n) is 12.4. The Balaban J connectivity index is 2.29. The Morgan fingerprint density at radius 2 is 1.95 bits per heavy atom. The molecule has 0 aliphatic rings. The lowest BCUT2D eigenvalue weighted by Crippen LogP contribution is -2.31. The molecule has 2 aromatic rings. The molecule has 1 aromatic carbocycles. The second-order valence-corrected chi connectivity index (χ2v) is 5.02. The number of nitrogens with one attached hydrogen (secondary N) is 3. The summed E-state index contributed by atoms with van der Waals surface area (Å²) in [6.45, 7) is 3.91. The third kappa shape index (κ3) is 3.92. The fourth-order valence-electron chi connectivity index (χ4n) is 1.89. The molecule has 6 nitrogen and oxygen atoms in total. The Kier molecular flexibility index (Phi) is 4.90. The van der Waals surface area contributed by atoms with Crippen LogP contribution in [0.15, 0.2) is 36.5 Å². The van der Waals surface area contributed by atoms with Crippen LogP contribution in [0.4, 0.5) is 21.6 Å². The van der Waals surface area contributed by atoms with E-state index in [0.29, 0.717) is 22.8 Å². The second kappa shape index (κ2) is 6.86. The Morgan fingerprint density at radius 3 is 2.55 bits per heavy atom. The third-order valence-corrected chi connectivity index (χ3v) is 2.84. The van der Waals surface area contributed by atoms with E-state index in [4.69, 9.17) is 5.84 Å². The molecule has 1 amide bonds. The molecule has 1 aromatic heterocycles. The Labute approximate surface area is 127 Å². The molecular weight excluding hydrogens is 285 g/mol. The van der Waals surface area contributed by atoms with Crippen molar-refractivity contribution >= 4 is 23.1 Å². The molecule has 0 aliphatic carbocycles. The van der Waals surface area contributed by atoms with Gasteiger partial charge >= 0.3 is 0 Å². The minimum Gasteiger partial charge on any atom is -0.382 e. The van der Waals surface area contributed by atoms with Gasteiger partial charge < -0.3 is 10.6 Å². The van der Waals surface area contributed by atoms with Crippen LogP contribution in [0.5, 0.6) is 0 Å². The summed E-state index contributed by atoms with van der Waals surface area (Å²) in [5.74, 6) is 4.97. The van der Waals surface area contributed by atoms with Gasteiger partial charge in [-0.1, -0.05) is 0 Å². The third-order valence-electron chi connectivity index (χ3n) is 2.84. The minimum absolute atomic E-state index is 0.130. The van der Waals surface area contributed by atoms with Crippen LogP contribution in [0.2, 0.25) is 0 Å². The van der Waals surface area contributed by atoms with Crippen LogP contribution in [-0.4, -0.2) is 16.9 Å². The van der Waals surface area contributed by atoms with Crippen molar-refractivity contribution in [1.29, 1.82) is 0 Å². The number of anilines is 3. The van der Waals surface area contributed by atoms with E-state index < -0.39 is 5.91 Å². The Morgan fingerprint density at radius 1 is 1.27 bits per heavy atom. The molecule has 0 radical (unpaired) electrons. The molecule has 0 atom stereocenters. The summed E-state index contributed by atoms with van der Waals surface area (Å²) >= 11 is 0. The molecule has 0 aliphatic heterocycles. The van der Waals surface area contributed by atoms with Crippen molar-refractivity contribution in [2.24, 2.45) is 5.84 Å². The van der Waals surface area contributed by atoms with E-state index in [-0.39, 0.29) is 11.9 Å². The number of amides is 1. The number of carbonyl (C=O) groups is 1. The molecule has 5 N–H and O–H groups in total. The standard InChI is InChI=1S/C15H18FN5O/c1-9(2)19-13-7-14(18-8-12(13)15(22)21-17)20-11-5-3-10(16)4-6-11/h3-9H,17H2,1-2H3,(H,21,22)(H2,18,19,20). The number of pyridine rings is 1. The number of nitrogen functional groups attached to an aromatic ring is 1.